The van der Waals surface area contributed by atoms with Gasteiger partial charge in [0.25, 0.3) is 0 Å². The number of rotatable bonds is 6. The SMILES string of the molecule is CCCC1CCC(CNC)C(Cc2cccc(F)c2F)C1. The predicted molar refractivity (Wildman–Crippen MR) is 83.2 cm³/mol. The minimum Gasteiger partial charge on any atom is -0.319 e. The van der Waals surface area contributed by atoms with Crippen molar-refractivity contribution in [3.63, 3.8) is 0 Å². The minimum absolute atomic E-state index is 0.457. The molecule has 1 aliphatic carbocycles. The van der Waals surface area contributed by atoms with Crippen molar-refractivity contribution in [3.8, 4) is 0 Å². The van der Waals surface area contributed by atoms with E-state index in [0.717, 1.165) is 18.9 Å². The number of nitrogens with one attached hydrogen (secondary N) is 1. The molecule has 1 N–H and O–H groups in total. The molecular formula is C18H27F2N. The standard InChI is InChI=1S/C18H27F2N/c1-3-5-13-8-9-15(12-21-2)16(10-13)11-14-6-4-7-17(19)18(14)20/h4,6-7,13,15-16,21H,3,5,8-12H2,1-2H3. The smallest absolute Gasteiger partial charge is 0.162 e. The maximum Gasteiger partial charge on any atom is 0.162 e. The molecule has 0 radical (unpaired) electrons. The van der Waals surface area contributed by atoms with Crippen LogP contribution in [0.3, 0.4) is 0 Å². The molecule has 21 heavy (non-hydrogen) atoms. The average Bonchev–Trinajstić information content (AvgIpc) is 2.47. The van der Waals surface area contributed by atoms with Crippen LogP contribution in [0.2, 0.25) is 0 Å². The van der Waals surface area contributed by atoms with Gasteiger partial charge in [0.05, 0.1) is 0 Å². The Bertz CT molecular complexity index is 447. The third-order valence-electron chi connectivity index (χ3n) is 4.93. The summed E-state index contributed by atoms with van der Waals surface area (Å²) in [7, 11) is 1.97. The van der Waals surface area contributed by atoms with Crippen LogP contribution in [0.25, 0.3) is 0 Å². The Morgan fingerprint density at radius 1 is 1.19 bits per heavy atom. The minimum atomic E-state index is -0.724. The van der Waals surface area contributed by atoms with Gasteiger partial charge < -0.3 is 5.32 Å². The molecule has 0 bridgehead atoms. The van der Waals surface area contributed by atoms with Crippen LogP contribution in [0.5, 0.6) is 0 Å². The van der Waals surface area contributed by atoms with Crippen molar-refractivity contribution in [2.24, 2.45) is 17.8 Å². The molecule has 1 nitrogen and oxygen atoms in total. The molecule has 3 atom stereocenters. The van der Waals surface area contributed by atoms with Crippen LogP contribution in [0.15, 0.2) is 18.2 Å². The molecule has 1 saturated carbocycles. The lowest BCUT2D eigenvalue weighted by Gasteiger charge is -2.36. The van der Waals surface area contributed by atoms with E-state index in [1.165, 1.54) is 31.7 Å². The predicted octanol–water partition coefficient (Wildman–Crippen LogP) is 4.56. The molecule has 0 aromatic heterocycles. The van der Waals surface area contributed by atoms with Gasteiger partial charge in [-0.2, -0.15) is 0 Å². The first-order valence-corrected chi connectivity index (χ1v) is 8.23. The van der Waals surface area contributed by atoms with Gasteiger partial charge in [-0.3, -0.25) is 0 Å². The maximum absolute atomic E-state index is 13.9. The Balaban J connectivity index is 2.09. The number of halogens is 2. The average molecular weight is 295 g/mol. The molecule has 1 fully saturated rings. The second kappa shape index (κ2) is 7.88. The van der Waals surface area contributed by atoms with Crippen molar-refractivity contribution >= 4 is 0 Å². The summed E-state index contributed by atoms with van der Waals surface area (Å²) in [6.07, 6.45) is 6.76. The fourth-order valence-electron chi connectivity index (χ4n) is 3.86. The van der Waals surface area contributed by atoms with E-state index in [1.807, 2.05) is 7.05 Å². The highest BCUT2D eigenvalue weighted by Gasteiger charge is 2.30. The summed E-state index contributed by atoms with van der Waals surface area (Å²) in [4.78, 5) is 0. The number of hydrogen-bond acceptors (Lipinski definition) is 1. The fraction of sp³-hybridized carbons (Fsp3) is 0.667. The van der Waals surface area contributed by atoms with E-state index in [4.69, 9.17) is 0 Å². The highest BCUT2D eigenvalue weighted by atomic mass is 19.2. The van der Waals surface area contributed by atoms with E-state index in [-0.39, 0.29) is 0 Å². The van der Waals surface area contributed by atoms with Crippen molar-refractivity contribution in [2.45, 2.75) is 45.4 Å². The van der Waals surface area contributed by atoms with Gasteiger partial charge in [0.2, 0.25) is 0 Å². The Kier molecular flexibility index (Phi) is 6.16. The van der Waals surface area contributed by atoms with Gasteiger partial charge in [-0.1, -0.05) is 38.3 Å². The quantitative estimate of drug-likeness (QED) is 0.811. The monoisotopic (exact) mass is 295 g/mol. The maximum atomic E-state index is 13.9. The van der Waals surface area contributed by atoms with Crippen molar-refractivity contribution in [1.82, 2.24) is 5.32 Å². The second-order valence-electron chi connectivity index (χ2n) is 6.46. The number of hydrogen-bond donors (Lipinski definition) is 1. The first-order chi connectivity index (χ1) is 10.2. The largest absolute Gasteiger partial charge is 0.319 e. The summed E-state index contributed by atoms with van der Waals surface area (Å²) < 4.78 is 27.3. The van der Waals surface area contributed by atoms with Gasteiger partial charge in [-0.15, -0.1) is 0 Å². The van der Waals surface area contributed by atoms with Crippen molar-refractivity contribution in [3.05, 3.63) is 35.4 Å². The van der Waals surface area contributed by atoms with E-state index >= 15 is 0 Å². The normalized spacial score (nSPS) is 26.0. The van der Waals surface area contributed by atoms with E-state index in [9.17, 15) is 8.78 Å². The highest BCUT2D eigenvalue weighted by Crippen LogP contribution is 2.38. The molecule has 1 aromatic carbocycles. The third kappa shape index (κ3) is 4.26. The first-order valence-electron chi connectivity index (χ1n) is 8.23. The molecule has 3 heteroatoms. The summed E-state index contributed by atoms with van der Waals surface area (Å²) in [5.41, 5.74) is 0.540. The highest BCUT2D eigenvalue weighted by molar-refractivity contribution is 5.19. The van der Waals surface area contributed by atoms with Crippen LogP contribution in [0.4, 0.5) is 8.78 Å². The zero-order valence-electron chi connectivity index (χ0n) is 13.2. The molecule has 0 amide bonds. The molecule has 0 spiro atoms. The molecule has 0 saturated heterocycles. The van der Waals surface area contributed by atoms with Gasteiger partial charge in [-0.25, -0.2) is 8.78 Å². The van der Waals surface area contributed by atoms with Crippen LogP contribution in [0, 0.1) is 29.4 Å². The molecule has 3 unspecified atom stereocenters. The van der Waals surface area contributed by atoms with Crippen LogP contribution in [0.1, 0.15) is 44.6 Å². The van der Waals surface area contributed by atoms with Gasteiger partial charge in [0.1, 0.15) is 0 Å². The molecule has 118 valence electrons. The van der Waals surface area contributed by atoms with Crippen molar-refractivity contribution < 1.29 is 8.78 Å². The summed E-state index contributed by atoms with van der Waals surface area (Å²) >= 11 is 0. The lowest BCUT2D eigenvalue weighted by atomic mass is 9.70. The zero-order valence-corrected chi connectivity index (χ0v) is 13.2. The summed E-state index contributed by atoms with van der Waals surface area (Å²) in [5, 5.41) is 3.26. The summed E-state index contributed by atoms with van der Waals surface area (Å²) in [6, 6.07) is 4.55. The van der Waals surface area contributed by atoms with Crippen molar-refractivity contribution in [1.29, 1.82) is 0 Å². The summed E-state index contributed by atoms with van der Waals surface area (Å²) in [5.74, 6) is 0.409. The Labute approximate surface area is 127 Å². The molecule has 0 aliphatic heterocycles. The topological polar surface area (TPSA) is 12.0 Å². The van der Waals surface area contributed by atoms with Gasteiger partial charge in [-0.05, 0) is 62.2 Å². The van der Waals surface area contributed by atoms with Crippen LogP contribution < -0.4 is 5.32 Å². The Morgan fingerprint density at radius 3 is 2.71 bits per heavy atom. The van der Waals surface area contributed by atoms with Gasteiger partial charge >= 0.3 is 0 Å². The fourth-order valence-corrected chi connectivity index (χ4v) is 3.86. The first kappa shape index (κ1) is 16.4. The van der Waals surface area contributed by atoms with Crippen LogP contribution >= 0.6 is 0 Å². The Hall–Kier alpha value is -0.960. The molecule has 1 aromatic rings. The summed E-state index contributed by atoms with van der Waals surface area (Å²) in [6.45, 7) is 3.20. The second-order valence-corrected chi connectivity index (χ2v) is 6.46. The molecular weight excluding hydrogens is 268 g/mol. The van der Waals surface area contributed by atoms with E-state index in [2.05, 4.69) is 12.2 Å². The molecule has 0 heterocycles. The lowest BCUT2D eigenvalue weighted by Crippen LogP contribution is -2.33. The van der Waals surface area contributed by atoms with Gasteiger partial charge in [0, 0.05) is 0 Å². The van der Waals surface area contributed by atoms with Gasteiger partial charge in [0.15, 0.2) is 11.6 Å². The number of benzene rings is 1. The molecule has 2 rings (SSSR count). The van der Waals surface area contributed by atoms with Crippen molar-refractivity contribution in [2.75, 3.05) is 13.6 Å². The van der Waals surface area contributed by atoms with Crippen LogP contribution in [-0.4, -0.2) is 13.6 Å². The van der Waals surface area contributed by atoms with E-state index < -0.39 is 11.6 Å². The van der Waals surface area contributed by atoms with E-state index in [0.29, 0.717) is 23.8 Å². The van der Waals surface area contributed by atoms with Crippen LogP contribution in [-0.2, 0) is 6.42 Å². The molecule has 1 aliphatic rings. The lowest BCUT2D eigenvalue weighted by molar-refractivity contribution is 0.168. The Morgan fingerprint density at radius 2 is 2.00 bits per heavy atom. The zero-order chi connectivity index (χ0) is 15.2. The third-order valence-corrected chi connectivity index (χ3v) is 4.93. The van der Waals surface area contributed by atoms with E-state index in [1.54, 1.807) is 12.1 Å².